The fraction of sp³-hybridized carbons (Fsp3) is 0.848. The largest absolute Gasteiger partial charge is 0.394 e. The van der Waals surface area contributed by atoms with Crippen molar-refractivity contribution < 1.29 is 50.0 Å². The highest BCUT2D eigenvalue weighted by Gasteiger charge is 2.44. The summed E-state index contributed by atoms with van der Waals surface area (Å²) in [5.41, 5.74) is 0. The highest BCUT2D eigenvalue weighted by atomic mass is 16.7. The monoisotopic (exact) mass is 812 g/mol. The first-order chi connectivity index (χ1) is 27.7. The molecule has 0 saturated carbocycles. The number of amides is 1. The van der Waals surface area contributed by atoms with E-state index in [9.17, 15) is 40.5 Å². The zero-order chi connectivity index (χ0) is 41.9. The molecule has 1 aliphatic rings. The summed E-state index contributed by atoms with van der Waals surface area (Å²) in [4.78, 5) is 13.1. The molecule has 1 fully saturated rings. The molecule has 0 spiro atoms. The van der Waals surface area contributed by atoms with Crippen molar-refractivity contribution >= 4 is 5.91 Å². The van der Waals surface area contributed by atoms with Crippen molar-refractivity contribution in [1.82, 2.24) is 5.32 Å². The molecule has 0 radical (unpaired) electrons. The molecule has 8 N–H and O–H groups in total. The van der Waals surface area contributed by atoms with E-state index in [4.69, 9.17) is 9.47 Å². The highest BCUT2D eigenvalue weighted by molar-refractivity contribution is 5.80. The number of rotatable bonds is 37. The molecule has 1 amide bonds. The van der Waals surface area contributed by atoms with Gasteiger partial charge in [0, 0.05) is 0 Å². The van der Waals surface area contributed by atoms with E-state index >= 15 is 0 Å². The summed E-state index contributed by atoms with van der Waals surface area (Å²) >= 11 is 0. The fourth-order valence-corrected chi connectivity index (χ4v) is 7.08. The predicted octanol–water partition coefficient (Wildman–Crippen LogP) is 7.22. The summed E-state index contributed by atoms with van der Waals surface area (Å²) in [5.74, 6) is -0.720. The zero-order valence-electron chi connectivity index (χ0n) is 35.8. The lowest BCUT2D eigenvalue weighted by atomic mass is 9.98. The molecule has 57 heavy (non-hydrogen) atoms. The van der Waals surface area contributed by atoms with Gasteiger partial charge in [-0.25, -0.2) is 0 Å². The average Bonchev–Trinajstić information content (AvgIpc) is 3.21. The van der Waals surface area contributed by atoms with E-state index in [1.807, 2.05) is 0 Å². The van der Waals surface area contributed by atoms with Gasteiger partial charge in [-0.05, 0) is 64.2 Å². The summed E-state index contributed by atoms with van der Waals surface area (Å²) in [6.07, 6.45) is 29.0. The number of aliphatic hydroxyl groups excluding tert-OH is 7. The first-order valence-electron chi connectivity index (χ1n) is 22.9. The molecule has 9 unspecified atom stereocenters. The average molecular weight is 812 g/mol. The topological polar surface area (TPSA) is 189 Å². The maximum Gasteiger partial charge on any atom is 0.249 e. The molecule has 11 nitrogen and oxygen atoms in total. The van der Waals surface area contributed by atoms with Gasteiger partial charge in [-0.15, -0.1) is 0 Å². The van der Waals surface area contributed by atoms with Crippen molar-refractivity contribution in [3.05, 3.63) is 36.5 Å². The number of hydrogen-bond acceptors (Lipinski definition) is 10. The first kappa shape index (κ1) is 53.3. The van der Waals surface area contributed by atoms with Gasteiger partial charge >= 0.3 is 0 Å². The van der Waals surface area contributed by atoms with Gasteiger partial charge in [-0.3, -0.25) is 4.79 Å². The number of hydrogen-bond donors (Lipinski definition) is 8. The zero-order valence-corrected chi connectivity index (χ0v) is 35.8. The van der Waals surface area contributed by atoms with Crippen molar-refractivity contribution in [2.45, 2.75) is 236 Å². The van der Waals surface area contributed by atoms with Gasteiger partial charge in [0.25, 0.3) is 0 Å². The molecule has 1 rings (SSSR count). The summed E-state index contributed by atoms with van der Waals surface area (Å²) in [6, 6.07) is -1.19. The molecule has 1 heterocycles. The Hall–Kier alpha value is -1.67. The Kier molecular flexibility index (Phi) is 33.9. The lowest BCUT2D eigenvalue weighted by Crippen LogP contribution is -2.60. The van der Waals surface area contributed by atoms with Crippen LogP contribution in [0.5, 0.6) is 0 Å². The molecule has 0 aromatic carbocycles. The molecular formula is C46H85NO10. The van der Waals surface area contributed by atoms with Gasteiger partial charge in [0.1, 0.15) is 36.6 Å². The Morgan fingerprint density at radius 1 is 0.614 bits per heavy atom. The molecule has 11 heteroatoms. The van der Waals surface area contributed by atoms with Crippen LogP contribution in [0.3, 0.4) is 0 Å². The number of carbonyl (C=O) groups is 1. The van der Waals surface area contributed by atoms with Crippen LogP contribution < -0.4 is 5.32 Å². The Morgan fingerprint density at radius 2 is 1.09 bits per heavy atom. The number of carbonyl (C=O) groups excluding carboxylic acids is 1. The molecular weight excluding hydrogens is 727 g/mol. The summed E-state index contributed by atoms with van der Waals surface area (Å²) in [7, 11) is 0. The fourth-order valence-electron chi connectivity index (χ4n) is 7.08. The second kappa shape index (κ2) is 36.2. The van der Waals surface area contributed by atoms with Crippen molar-refractivity contribution in [2.24, 2.45) is 0 Å². The predicted molar refractivity (Wildman–Crippen MR) is 228 cm³/mol. The van der Waals surface area contributed by atoms with Gasteiger partial charge in [0.15, 0.2) is 6.29 Å². The number of ether oxygens (including phenoxy) is 2. The maximum atomic E-state index is 13.1. The van der Waals surface area contributed by atoms with Crippen LogP contribution in [-0.4, -0.2) is 110 Å². The van der Waals surface area contributed by atoms with Crippen LogP contribution in [0.4, 0.5) is 0 Å². The van der Waals surface area contributed by atoms with Crippen molar-refractivity contribution in [3.8, 4) is 0 Å². The van der Waals surface area contributed by atoms with E-state index in [-0.39, 0.29) is 12.8 Å². The third-order valence-electron chi connectivity index (χ3n) is 10.9. The van der Waals surface area contributed by atoms with Gasteiger partial charge in [-0.2, -0.15) is 0 Å². The van der Waals surface area contributed by atoms with Gasteiger partial charge in [0.2, 0.25) is 5.91 Å². The molecule has 1 saturated heterocycles. The molecule has 9 atom stereocenters. The van der Waals surface area contributed by atoms with Crippen molar-refractivity contribution in [1.29, 1.82) is 0 Å². The highest BCUT2D eigenvalue weighted by Crippen LogP contribution is 2.23. The first-order valence-corrected chi connectivity index (χ1v) is 22.9. The van der Waals surface area contributed by atoms with Crippen LogP contribution >= 0.6 is 0 Å². The molecule has 334 valence electrons. The Balaban J connectivity index is 2.51. The number of unbranched alkanes of at least 4 members (excludes halogenated alkanes) is 20. The number of allylic oxidation sites excluding steroid dienone is 6. The van der Waals surface area contributed by atoms with E-state index in [1.165, 1.54) is 83.5 Å². The van der Waals surface area contributed by atoms with Gasteiger partial charge in [0.05, 0.1) is 25.4 Å². The second-order valence-electron chi connectivity index (χ2n) is 16.1. The van der Waals surface area contributed by atoms with Crippen LogP contribution in [0.2, 0.25) is 0 Å². The number of nitrogens with one attached hydrogen (secondary N) is 1. The van der Waals surface area contributed by atoms with E-state index < -0.39 is 74.2 Å². The van der Waals surface area contributed by atoms with Crippen LogP contribution in [0.1, 0.15) is 181 Å². The molecule has 0 aromatic rings. The molecule has 1 aliphatic heterocycles. The van der Waals surface area contributed by atoms with E-state index in [2.05, 4.69) is 55.6 Å². The smallest absolute Gasteiger partial charge is 0.249 e. The van der Waals surface area contributed by atoms with Crippen molar-refractivity contribution in [3.63, 3.8) is 0 Å². The van der Waals surface area contributed by atoms with Crippen LogP contribution in [0, 0.1) is 0 Å². The Bertz CT molecular complexity index is 1020. The maximum absolute atomic E-state index is 13.1. The van der Waals surface area contributed by atoms with Crippen molar-refractivity contribution in [2.75, 3.05) is 13.2 Å². The minimum Gasteiger partial charge on any atom is -0.394 e. The van der Waals surface area contributed by atoms with Gasteiger partial charge in [-0.1, -0.05) is 153 Å². The molecule has 0 aliphatic carbocycles. The van der Waals surface area contributed by atoms with E-state index in [0.29, 0.717) is 12.8 Å². The summed E-state index contributed by atoms with van der Waals surface area (Å²) in [5, 5.41) is 75.5. The SMILES string of the molecule is CCCCC/C=C\C=C/CCCCCCCC(O)C(=O)NC(COC1OC(CO)C(O)C(O)C1O)C(O)C(O)CCC/C=C/CCCCCCCCCCCCC. The standard InChI is InChI=1S/C46H85NO10/c1-3-5-7-9-11-13-15-17-19-20-22-23-25-27-29-31-33-38(49)41(51)37(36-56-46-44(54)43(53)42(52)40(35-48)57-46)47-45(55)39(50)34-32-30-28-26-24-21-18-16-14-12-10-8-6-4-2/h12,14,16,18,25,27,37-44,46,48-54H,3-11,13,15,17,19-24,26,28-36H2,1-2H3,(H,47,55)/b14-12-,18-16-,27-25+. The Labute approximate surface area is 346 Å². The van der Waals surface area contributed by atoms with E-state index in [0.717, 1.165) is 57.8 Å². The number of aliphatic hydroxyl groups is 7. The minimum absolute atomic E-state index is 0.235. The van der Waals surface area contributed by atoms with Crippen LogP contribution in [-0.2, 0) is 14.3 Å². The lowest BCUT2D eigenvalue weighted by molar-refractivity contribution is -0.303. The molecule has 0 bridgehead atoms. The minimum atomic E-state index is -1.67. The third-order valence-corrected chi connectivity index (χ3v) is 10.9. The van der Waals surface area contributed by atoms with Crippen LogP contribution in [0.15, 0.2) is 36.5 Å². The van der Waals surface area contributed by atoms with Gasteiger partial charge < -0.3 is 50.5 Å². The second-order valence-corrected chi connectivity index (χ2v) is 16.1. The quantitative estimate of drug-likeness (QED) is 0.0181. The lowest BCUT2D eigenvalue weighted by Gasteiger charge is -2.40. The summed E-state index contributed by atoms with van der Waals surface area (Å²) < 4.78 is 11.1. The van der Waals surface area contributed by atoms with E-state index in [1.54, 1.807) is 0 Å². The normalized spacial score (nSPS) is 22.4. The van der Waals surface area contributed by atoms with Crippen LogP contribution in [0.25, 0.3) is 0 Å². The molecule has 0 aromatic heterocycles. The Morgan fingerprint density at radius 3 is 1.65 bits per heavy atom. The summed E-state index contributed by atoms with van der Waals surface area (Å²) in [6.45, 7) is 3.37. The third kappa shape index (κ3) is 26.2.